The molecule has 4 aromatic carbocycles. The van der Waals surface area contributed by atoms with E-state index in [4.69, 9.17) is 29.2 Å². The highest BCUT2D eigenvalue weighted by molar-refractivity contribution is 5.65. The van der Waals surface area contributed by atoms with Gasteiger partial charge in [-0.2, -0.15) is 0 Å². The fourth-order valence-electron chi connectivity index (χ4n) is 3.92. The van der Waals surface area contributed by atoms with Gasteiger partial charge in [-0.05, 0) is 77.7 Å². The Balaban J connectivity index is 1.21. The van der Waals surface area contributed by atoms with Crippen LogP contribution in [0.5, 0.6) is 23.0 Å². The molecule has 1 atom stereocenters. The van der Waals surface area contributed by atoms with Crippen molar-refractivity contribution < 1.29 is 29.2 Å². The van der Waals surface area contributed by atoms with E-state index in [-0.39, 0.29) is 19.3 Å². The first-order valence-corrected chi connectivity index (χ1v) is 12.8. The van der Waals surface area contributed by atoms with E-state index >= 15 is 0 Å². The Morgan fingerprint density at radius 3 is 1.13 bits per heavy atom. The van der Waals surface area contributed by atoms with Gasteiger partial charge in [0.1, 0.15) is 36.2 Å². The van der Waals surface area contributed by atoms with E-state index < -0.39 is 0 Å². The SMILES string of the molecule is CC(CCOc1ccc(-c2ccc(OCCO)cc2)cc1)Oc1ccc(-c2ccc(OCCO)cc2)cc1. The number of aliphatic hydroxyl groups excluding tert-OH is 2. The maximum absolute atomic E-state index is 8.87. The van der Waals surface area contributed by atoms with E-state index in [1.807, 2.05) is 104 Å². The summed E-state index contributed by atoms with van der Waals surface area (Å²) < 4.78 is 22.8. The van der Waals surface area contributed by atoms with Crippen molar-refractivity contribution >= 4 is 0 Å². The Hall–Kier alpha value is -4.00. The fourth-order valence-corrected chi connectivity index (χ4v) is 3.92. The molecular weight excluding hydrogens is 480 g/mol. The molecule has 0 aliphatic rings. The zero-order valence-electron chi connectivity index (χ0n) is 21.6. The summed E-state index contributed by atoms with van der Waals surface area (Å²) in [6.07, 6.45) is 0.767. The first-order chi connectivity index (χ1) is 18.6. The summed E-state index contributed by atoms with van der Waals surface area (Å²) in [6.45, 7) is 3.18. The molecule has 0 spiro atoms. The van der Waals surface area contributed by atoms with Crippen molar-refractivity contribution in [3.05, 3.63) is 97.1 Å². The minimum Gasteiger partial charge on any atom is -0.493 e. The second-order valence-electron chi connectivity index (χ2n) is 8.81. The monoisotopic (exact) mass is 514 g/mol. The lowest BCUT2D eigenvalue weighted by molar-refractivity contribution is 0.177. The Morgan fingerprint density at radius 1 is 0.474 bits per heavy atom. The lowest BCUT2D eigenvalue weighted by atomic mass is 10.1. The van der Waals surface area contributed by atoms with Crippen LogP contribution >= 0.6 is 0 Å². The quantitative estimate of drug-likeness (QED) is 0.215. The molecule has 198 valence electrons. The summed E-state index contributed by atoms with van der Waals surface area (Å²) in [4.78, 5) is 0. The average Bonchev–Trinajstić information content (AvgIpc) is 2.96. The molecule has 0 heterocycles. The first-order valence-electron chi connectivity index (χ1n) is 12.8. The van der Waals surface area contributed by atoms with Gasteiger partial charge in [0.05, 0.1) is 25.9 Å². The molecule has 0 amide bonds. The van der Waals surface area contributed by atoms with Crippen LogP contribution in [0.2, 0.25) is 0 Å². The van der Waals surface area contributed by atoms with Gasteiger partial charge >= 0.3 is 0 Å². The minimum absolute atomic E-state index is 0.00118. The molecule has 0 saturated carbocycles. The topological polar surface area (TPSA) is 77.4 Å². The molecule has 0 radical (unpaired) electrons. The number of aliphatic hydroxyl groups is 2. The van der Waals surface area contributed by atoms with Crippen molar-refractivity contribution in [1.29, 1.82) is 0 Å². The van der Waals surface area contributed by atoms with Crippen LogP contribution in [-0.4, -0.2) is 49.4 Å². The van der Waals surface area contributed by atoms with Crippen LogP contribution in [0.1, 0.15) is 13.3 Å². The van der Waals surface area contributed by atoms with Gasteiger partial charge in [-0.3, -0.25) is 0 Å². The van der Waals surface area contributed by atoms with E-state index in [1.54, 1.807) is 0 Å². The van der Waals surface area contributed by atoms with Crippen LogP contribution < -0.4 is 18.9 Å². The molecular formula is C32H34O6. The highest BCUT2D eigenvalue weighted by Gasteiger charge is 2.07. The summed E-state index contributed by atoms with van der Waals surface area (Å²) in [7, 11) is 0. The Labute approximate surface area is 224 Å². The second-order valence-corrected chi connectivity index (χ2v) is 8.81. The minimum atomic E-state index is 0.00118. The largest absolute Gasteiger partial charge is 0.493 e. The third-order valence-electron chi connectivity index (χ3n) is 5.93. The standard InChI is InChI=1S/C32H34O6/c1-24(38-32-16-8-28(9-17-32)27-6-14-31(15-7-27)37-23-20-34)18-21-35-29-10-2-25(3-11-29)26-4-12-30(13-5-26)36-22-19-33/h2-17,24,33-34H,18-23H2,1H3. The lowest BCUT2D eigenvalue weighted by Crippen LogP contribution is -2.15. The zero-order chi connectivity index (χ0) is 26.6. The molecule has 1 unspecified atom stereocenters. The Bertz CT molecular complexity index is 1220. The molecule has 0 aliphatic heterocycles. The molecule has 0 fully saturated rings. The smallest absolute Gasteiger partial charge is 0.119 e. The number of hydrogen-bond acceptors (Lipinski definition) is 6. The van der Waals surface area contributed by atoms with Crippen LogP contribution in [0.15, 0.2) is 97.1 Å². The van der Waals surface area contributed by atoms with Crippen LogP contribution in [0.25, 0.3) is 22.3 Å². The maximum Gasteiger partial charge on any atom is 0.119 e. The van der Waals surface area contributed by atoms with Gasteiger partial charge in [0.2, 0.25) is 0 Å². The third kappa shape index (κ3) is 8.00. The number of ether oxygens (including phenoxy) is 4. The van der Waals surface area contributed by atoms with Crippen molar-refractivity contribution in [2.24, 2.45) is 0 Å². The zero-order valence-corrected chi connectivity index (χ0v) is 21.6. The van der Waals surface area contributed by atoms with Crippen LogP contribution in [0, 0.1) is 0 Å². The molecule has 4 rings (SSSR count). The van der Waals surface area contributed by atoms with E-state index in [1.165, 1.54) is 0 Å². The second kappa shape index (κ2) is 14.1. The summed E-state index contributed by atoms with van der Waals surface area (Å²) >= 11 is 0. The summed E-state index contributed by atoms with van der Waals surface area (Å²) in [5.41, 5.74) is 4.36. The third-order valence-corrected chi connectivity index (χ3v) is 5.93. The van der Waals surface area contributed by atoms with Gasteiger partial charge in [-0.1, -0.05) is 48.5 Å². The summed E-state index contributed by atoms with van der Waals surface area (Å²) in [5.74, 6) is 3.12. The average molecular weight is 515 g/mol. The molecule has 6 nitrogen and oxygen atoms in total. The molecule has 4 aromatic rings. The van der Waals surface area contributed by atoms with Gasteiger partial charge in [0.15, 0.2) is 0 Å². The maximum atomic E-state index is 8.87. The number of benzene rings is 4. The van der Waals surface area contributed by atoms with Crippen molar-refractivity contribution in [3.63, 3.8) is 0 Å². The predicted octanol–water partition coefficient (Wildman–Crippen LogP) is 6.00. The van der Waals surface area contributed by atoms with Gasteiger partial charge in [-0.25, -0.2) is 0 Å². The van der Waals surface area contributed by atoms with Crippen molar-refractivity contribution in [1.82, 2.24) is 0 Å². The fraction of sp³-hybridized carbons (Fsp3) is 0.250. The van der Waals surface area contributed by atoms with E-state index in [0.717, 1.165) is 51.7 Å². The van der Waals surface area contributed by atoms with Crippen LogP contribution in [0.4, 0.5) is 0 Å². The van der Waals surface area contributed by atoms with Crippen LogP contribution in [0.3, 0.4) is 0 Å². The summed E-state index contributed by atoms with van der Waals surface area (Å²) in [5, 5.41) is 17.7. The number of rotatable bonds is 14. The molecule has 0 aromatic heterocycles. The highest BCUT2D eigenvalue weighted by Crippen LogP contribution is 2.26. The van der Waals surface area contributed by atoms with Crippen molar-refractivity contribution in [2.75, 3.05) is 33.0 Å². The lowest BCUT2D eigenvalue weighted by Gasteiger charge is -2.16. The Kier molecular flexibility index (Phi) is 10.0. The molecule has 0 bridgehead atoms. The number of hydrogen-bond donors (Lipinski definition) is 2. The predicted molar refractivity (Wildman–Crippen MR) is 149 cm³/mol. The summed E-state index contributed by atoms with van der Waals surface area (Å²) in [6, 6.07) is 31.7. The van der Waals surface area contributed by atoms with Gasteiger partial charge < -0.3 is 29.2 Å². The Morgan fingerprint density at radius 2 is 0.789 bits per heavy atom. The van der Waals surface area contributed by atoms with E-state index in [9.17, 15) is 0 Å². The first kappa shape index (κ1) is 27.0. The van der Waals surface area contributed by atoms with Crippen LogP contribution in [-0.2, 0) is 0 Å². The molecule has 0 aliphatic carbocycles. The van der Waals surface area contributed by atoms with E-state index in [0.29, 0.717) is 19.8 Å². The highest BCUT2D eigenvalue weighted by atomic mass is 16.5. The van der Waals surface area contributed by atoms with Gasteiger partial charge in [0.25, 0.3) is 0 Å². The molecule has 2 N–H and O–H groups in total. The molecule has 0 saturated heterocycles. The van der Waals surface area contributed by atoms with Gasteiger partial charge in [0, 0.05) is 6.42 Å². The molecule has 38 heavy (non-hydrogen) atoms. The van der Waals surface area contributed by atoms with Gasteiger partial charge in [-0.15, -0.1) is 0 Å². The van der Waals surface area contributed by atoms with Crippen molar-refractivity contribution in [3.8, 4) is 45.3 Å². The normalized spacial score (nSPS) is 11.6. The van der Waals surface area contributed by atoms with E-state index in [2.05, 4.69) is 0 Å². The van der Waals surface area contributed by atoms with Crippen molar-refractivity contribution in [2.45, 2.75) is 19.4 Å². The molecule has 6 heteroatoms.